The van der Waals surface area contributed by atoms with E-state index < -0.39 is 9.84 Å². The van der Waals surface area contributed by atoms with Gasteiger partial charge in [0.1, 0.15) is 11.5 Å². The van der Waals surface area contributed by atoms with Crippen molar-refractivity contribution in [1.82, 2.24) is 0 Å². The number of sulfone groups is 1. The maximum atomic E-state index is 14.4. The van der Waals surface area contributed by atoms with Gasteiger partial charge in [-0.25, -0.2) is 18.1 Å². The molecular formula is C32H28N2O4S. The van der Waals surface area contributed by atoms with Crippen LogP contribution in [0.5, 0.6) is 11.5 Å². The van der Waals surface area contributed by atoms with Crippen LogP contribution in [0.2, 0.25) is 0 Å². The van der Waals surface area contributed by atoms with E-state index in [1.807, 2.05) is 48.5 Å². The molecule has 6 nitrogen and oxygen atoms in total. The van der Waals surface area contributed by atoms with Crippen molar-refractivity contribution in [3.63, 3.8) is 0 Å². The molecule has 7 heteroatoms. The maximum Gasteiger partial charge on any atom is 0.204 e. The molecule has 0 radical (unpaired) electrons. The van der Waals surface area contributed by atoms with E-state index in [9.17, 15) is 8.42 Å². The lowest BCUT2D eigenvalue weighted by Crippen LogP contribution is -2.10. The number of nitrogens with zero attached hydrogens (tertiary/aromatic N) is 2. The molecule has 0 aliphatic carbocycles. The van der Waals surface area contributed by atoms with Crippen LogP contribution in [0, 0.1) is 27.0 Å². The Morgan fingerprint density at radius 3 is 1.28 bits per heavy atom. The Labute approximate surface area is 230 Å². The minimum atomic E-state index is -4.10. The van der Waals surface area contributed by atoms with Crippen molar-refractivity contribution in [2.24, 2.45) is 0 Å². The van der Waals surface area contributed by atoms with Gasteiger partial charge in [0.05, 0.1) is 37.2 Å². The fraction of sp³-hybridized carbons (Fsp3) is 0.188. The van der Waals surface area contributed by atoms with E-state index in [1.54, 1.807) is 52.3 Å². The summed E-state index contributed by atoms with van der Waals surface area (Å²) in [7, 11) is -0.935. The molecule has 0 amide bonds. The Kier molecular flexibility index (Phi) is 8.04. The average Bonchev–Trinajstić information content (AvgIpc) is 2.94. The monoisotopic (exact) mass is 536 g/mol. The molecule has 0 aliphatic rings. The third kappa shape index (κ3) is 5.50. The second kappa shape index (κ2) is 11.4. The molecule has 4 rings (SSSR count). The first-order valence-electron chi connectivity index (χ1n) is 12.2. The van der Waals surface area contributed by atoms with E-state index in [0.29, 0.717) is 45.1 Å². The third-order valence-electron chi connectivity index (χ3n) is 6.77. The Hall–Kier alpha value is -4.59. The largest absolute Gasteiger partial charge is 0.497 e. The Bertz CT molecular complexity index is 1590. The second-order valence-corrected chi connectivity index (χ2v) is 11.1. The van der Waals surface area contributed by atoms with Gasteiger partial charge in [0.25, 0.3) is 0 Å². The van der Waals surface area contributed by atoms with Crippen molar-refractivity contribution in [2.75, 3.05) is 14.2 Å². The molecule has 0 unspecified atom stereocenters. The Morgan fingerprint density at radius 2 is 0.974 bits per heavy atom. The highest BCUT2D eigenvalue weighted by Gasteiger charge is 2.28. The standard InChI is InChI=1S/C32H28N2O4S/c1-21-7-17-29(27(31(21)33-3)19-23-9-13-25(37-5)14-10-23)39(35,36)30-18-8-22(2)32(34-4)28(30)20-24-11-15-26(38-6)16-12-24/h7-18H,19-20H2,1-2,5-6H3. The number of methoxy groups -OCH3 is 2. The summed E-state index contributed by atoms with van der Waals surface area (Å²) in [5.74, 6) is 1.38. The zero-order valence-electron chi connectivity index (χ0n) is 22.3. The first-order valence-corrected chi connectivity index (χ1v) is 13.7. The molecule has 0 saturated carbocycles. The van der Waals surface area contributed by atoms with E-state index in [-0.39, 0.29) is 22.6 Å². The van der Waals surface area contributed by atoms with Crippen LogP contribution in [0.3, 0.4) is 0 Å². The summed E-state index contributed by atoms with van der Waals surface area (Å²) in [6.45, 7) is 19.3. The molecule has 0 spiro atoms. The number of hydrogen-bond donors (Lipinski definition) is 0. The fourth-order valence-electron chi connectivity index (χ4n) is 4.64. The SMILES string of the molecule is [C-]#[N+]c1c(C)ccc(S(=O)(=O)c2ccc(C)c([N+]#[C-])c2Cc2ccc(OC)cc2)c1Cc1ccc(OC)cc1. The van der Waals surface area contributed by atoms with Crippen LogP contribution in [-0.2, 0) is 22.7 Å². The molecule has 0 aromatic heterocycles. The van der Waals surface area contributed by atoms with Gasteiger partial charge < -0.3 is 9.47 Å². The highest BCUT2D eigenvalue weighted by Crippen LogP contribution is 2.39. The zero-order valence-corrected chi connectivity index (χ0v) is 23.1. The summed E-state index contributed by atoms with van der Waals surface area (Å²) < 4.78 is 39.2. The summed E-state index contributed by atoms with van der Waals surface area (Å²) in [5, 5.41) is 0. The third-order valence-corrected chi connectivity index (χ3v) is 8.69. The van der Waals surface area contributed by atoms with Gasteiger partial charge in [-0.05, 0) is 96.5 Å². The van der Waals surface area contributed by atoms with Gasteiger partial charge in [-0.3, -0.25) is 0 Å². The maximum absolute atomic E-state index is 14.4. The first kappa shape index (κ1) is 27.4. The topological polar surface area (TPSA) is 61.3 Å². The van der Waals surface area contributed by atoms with Crippen LogP contribution < -0.4 is 9.47 Å². The van der Waals surface area contributed by atoms with Crippen molar-refractivity contribution >= 4 is 21.2 Å². The molecule has 39 heavy (non-hydrogen) atoms. The average molecular weight is 537 g/mol. The number of ether oxygens (including phenoxy) is 2. The molecule has 0 saturated heterocycles. The van der Waals surface area contributed by atoms with E-state index in [4.69, 9.17) is 22.6 Å². The van der Waals surface area contributed by atoms with E-state index in [2.05, 4.69) is 9.69 Å². The minimum absolute atomic E-state index is 0.0747. The van der Waals surface area contributed by atoms with E-state index >= 15 is 0 Å². The summed E-state index contributed by atoms with van der Waals surface area (Å²) in [4.78, 5) is 7.59. The Morgan fingerprint density at radius 1 is 0.615 bits per heavy atom. The summed E-state index contributed by atoms with van der Waals surface area (Å²) >= 11 is 0. The van der Waals surface area contributed by atoms with Crippen LogP contribution in [0.1, 0.15) is 33.4 Å². The molecule has 0 heterocycles. The first-order chi connectivity index (χ1) is 18.7. The van der Waals surface area contributed by atoms with Gasteiger partial charge in [-0.2, -0.15) is 0 Å². The smallest absolute Gasteiger partial charge is 0.204 e. The van der Waals surface area contributed by atoms with Crippen molar-refractivity contribution in [2.45, 2.75) is 36.5 Å². The molecule has 0 fully saturated rings. The van der Waals surface area contributed by atoms with Gasteiger partial charge in [0.2, 0.25) is 9.84 Å². The van der Waals surface area contributed by atoms with Gasteiger partial charge in [-0.15, -0.1) is 0 Å². The number of benzene rings is 4. The predicted molar refractivity (Wildman–Crippen MR) is 152 cm³/mol. The molecule has 0 bridgehead atoms. The van der Waals surface area contributed by atoms with Gasteiger partial charge >= 0.3 is 0 Å². The van der Waals surface area contributed by atoms with Crippen LogP contribution >= 0.6 is 0 Å². The van der Waals surface area contributed by atoms with E-state index in [0.717, 1.165) is 11.1 Å². The van der Waals surface area contributed by atoms with Crippen molar-refractivity contribution in [3.8, 4) is 11.5 Å². The molecule has 4 aromatic carbocycles. The van der Waals surface area contributed by atoms with Crippen LogP contribution in [0.4, 0.5) is 11.4 Å². The van der Waals surface area contributed by atoms with Crippen molar-refractivity contribution < 1.29 is 17.9 Å². The fourth-order valence-corrected chi connectivity index (χ4v) is 6.36. The summed E-state index contributed by atoms with van der Waals surface area (Å²) in [6, 6.07) is 21.2. The zero-order chi connectivity index (χ0) is 28.2. The van der Waals surface area contributed by atoms with Gasteiger partial charge in [0, 0.05) is 0 Å². The second-order valence-electron chi connectivity index (χ2n) is 9.19. The summed E-state index contributed by atoms with van der Waals surface area (Å²) in [5.41, 5.74) is 4.64. The van der Waals surface area contributed by atoms with Crippen molar-refractivity contribution in [1.29, 1.82) is 0 Å². The highest BCUT2D eigenvalue weighted by molar-refractivity contribution is 7.91. The Balaban J connectivity index is 1.90. The van der Waals surface area contributed by atoms with Crippen LogP contribution in [0.15, 0.2) is 82.6 Å². The molecule has 196 valence electrons. The lowest BCUT2D eigenvalue weighted by atomic mass is 10.00. The normalized spacial score (nSPS) is 10.9. The lowest BCUT2D eigenvalue weighted by Gasteiger charge is -2.18. The quantitative estimate of drug-likeness (QED) is 0.220. The number of aryl methyl sites for hydroxylation is 2. The molecule has 4 aromatic rings. The number of hydrogen-bond acceptors (Lipinski definition) is 4. The molecule has 0 aliphatic heterocycles. The van der Waals surface area contributed by atoms with Crippen molar-refractivity contribution in [3.05, 3.63) is 129 Å². The van der Waals surface area contributed by atoms with Crippen LogP contribution in [-0.4, -0.2) is 22.6 Å². The highest BCUT2D eigenvalue weighted by atomic mass is 32.2. The van der Waals surface area contributed by atoms with Crippen LogP contribution in [0.25, 0.3) is 9.69 Å². The molecule has 0 N–H and O–H groups in total. The molecular weight excluding hydrogens is 508 g/mol. The van der Waals surface area contributed by atoms with Gasteiger partial charge in [0.15, 0.2) is 11.4 Å². The predicted octanol–water partition coefficient (Wildman–Crippen LogP) is 7.44. The van der Waals surface area contributed by atoms with E-state index in [1.165, 1.54) is 0 Å². The summed E-state index contributed by atoms with van der Waals surface area (Å²) in [6.07, 6.45) is 0.514. The van der Waals surface area contributed by atoms with Gasteiger partial charge in [-0.1, -0.05) is 36.4 Å². The molecule has 0 atom stereocenters. The number of rotatable bonds is 8. The lowest BCUT2D eigenvalue weighted by molar-refractivity contribution is 0.414. The minimum Gasteiger partial charge on any atom is -0.497 e.